The minimum Gasteiger partial charge on any atom is -0.370 e. The average molecular weight is 294 g/mol. The topological polar surface area (TPSA) is 24.5 Å². The molecule has 0 aromatic heterocycles. The molecule has 3 fully saturated rings. The molecule has 1 spiro atoms. The summed E-state index contributed by atoms with van der Waals surface area (Å²) >= 11 is 0. The van der Waals surface area contributed by atoms with E-state index in [9.17, 15) is 0 Å². The third-order valence-corrected chi connectivity index (χ3v) is 6.06. The van der Waals surface area contributed by atoms with Gasteiger partial charge in [-0.05, 0) is 70.6 Å². The molecule has 3 nitrogen and oxygen atoms in total. The molecule has 3 aliphatic rings. The third kappa shape index (κ3) is 4.20. The first kappa shape index (κ1) is 15.8. The van der Waals surface area contributed by atoms with Crippen molar-refractivity contribution in [2.24, 2.45) is 5.92 Å². The summed E-state index contributed by atoms with van der Waals surface area (Å²) in [5.74, 6) is 0.887. The van der Waals surface area contributed by atoms with Crippen LogP contribution in [0.3, 0.4) is 0 Å². The van der Waals surface area contributed by atoms with Gasteiger partial charge in [0.2, 0.25) is 0 Å². The van der Waals surface area contributed by atoms with Crippen LogP contribution in [-0.2, 0) is 4.74 Å². The molecule has 1 aliphatic carbocycles. The van der Waals surface area contributed by atoms with Gasteiger partial charge in [-0.3, -0.25) is 0 Å². The zero-order chi connectivity index (χ0) is 14.5. The number of nitrogens with one attached hydrogen (secondary N) is 1. The Morgan fingerprint density at radius 1 is 1.00 bits per heavy atom. The van der Waals surface area contributed by atoms with Crippen LogP contribution in [0, 0.1) is 5.92 Å². The maximum Gasteiger partial charge on any atom is 0.0708 e. The van der Waals surface area contributed by atoms with Crippen LogP contribution in [-0.4, -0.2) is 49.3 Å². The fraction of sp³-hybridized carbons (Fsp3) is 1.00. The Kier molecular flexibility index (Phi) is 5.58. The van der Waals surface area contributed by atoms with Crippen molar-refractivity contribution in [3.8, 4) is 0 Å². The third-order valence-electron chi connectivity index (χ3n) is 6.06. The Morgan fingerprint density at radius 2 is 1.76 bits per heavy atom. The van der Waals surface area contributed by atoms with E-state index in [1.165, 1.54) is 84.0 Å². The molecule has 1 unspecified atom stereocenters. The fourth-order valence-electron chi connectivity index (χ4n) is 4.56. The summed E-state index contributed by atoms with van der Waals surface area (Å²) in [5.41, 5.74) is 0.289. The normalized spacial score (nSPS) is 31.0. The molecule has 3 rings (SSSR count). The van der Waals surface area contributed by atoms with Gasteiger partial charge in [0.25, 0.3) is 0 Å². The predicted octanol–water partition coefficient (Wildman–Crippen LogP) is 3.19. The summed E-state index contributed by atoms with van der Waals surface area (Å²) in [7, 11) is 0. The molecule has 3 heteroatoms. The highest BCUT2D eigenvalue weighted by atomic mass is 16.5. The lowest BCUT2D eigenvalue weighted by molar-refractivity contribution is -0.0625. The number of likely N-dealkylation sites (tertiary alicyclic amines) is 1. The van der Waals surface area contributed by atoms with Gasteiger partial charge in [-0.1, -0.05) is 26.2 Å². The maximum absolute atomic E-state index is 6.44. The van der Waals surface area contributed by atoms with Gasteiger partial charge in [-0.2, -0.15) is 0 Å². The van der Waals surface area contributed by atoms with Crippen LogP contribution in [0.4, 0.5) is 0 Å². The van der Waals surface area contributed by atoms with E-state index >= 15 is 0 Å². The molecule has 122 valence electrons. The smallest absolute Gasteiger partial charge is 0.0708 e. The molecule has 0 aromatic rings. The second kappa shape index (κ2) is 7.43. The van der Waals surface area contributed by atoms with E-state index < -0.39 is 0 Å². The Balaban J connectivity index is 1.31. The quantitative estimate of drug-likeness (QED) is 0.843. The summed E-state index contributed by atoms with van der Waals surface area (Å²) in [6.45, 7) is 8.37. The van der Waals surface area contributed by atoms with Crippen LogP contribution in [0.1, 0.15) is 64.7 Å². The average Bonchev–Trinajstić information content (AvgIpc) is 2.91. The zero-order valence-electron chi connectivity index (χ0n) is 13.9. The van der Waals surface area contributed by atoms with Crippen molar-refractivity contribution in [3.05, 3.63) is 0 Å². The van der Waals surface area contributed by atoms with Crippen molar-refractivity contribution in [2.75, 3.05) is 32.7 Å². The van der Waals surface area contributed by atoms with Gasteiger partial charge in [0, 0.05) is 6.54 Å². The summed E-state index contributed by atoms with van der Waals surface area (Å²) in [6.07, 6.45) is 12.6. The van der Waals surface area contributed by atoms with Crippen LogP contribution in [0.25, 0.3) is 0 Å². The van der Waals surface area contributed by atoms with Gasteiger partial charge in [-0.25, -0.2) is 0 Å². The van der Waals surface area contributed by atoms with Gasteiger partial charge in [-0.15, -0.1) is 0 Å². The highest BCUT2D eigenvalue weighted by molar-refractivity contribution is 4.91. The first-order valence-corrected chi connectivity index (χ1v) is 9.40. The van der Waals surface area contributed by atoms with E-state index in [1.807, 2.05) is 0 Å². The number of ether oxygens (including phenoxy) is 1. The first-order chi connectivity index (χ1) is 10.3. The van der Waals surface area contributed by atoms with Crippen LogP contribution >= 0.6 is 0 Å². The molecule has 0 radical (unpaired) electrons. The van der Waals surface area contributed by atoms with Gasteiger partial charge >= 0.3 is 0 Å². The minimum absolute atomic E-state index is 0.289. The minimum atomic E-state index is 0.289. The SMILES string of the molecule is CCN1CCC(CNCC2CCC3(CCCCC3)O2)CC1. The summed E-state index contributed by atoms with van der Waals surface area (Å²) < 4.78 is 6.44. The Bertz CT molecular complexity index is 306. The summed E-state index contributed by atoms with van der Waals surface area (Å²) in [5, 5.41) is 3.71. The Morgan fingerprint density at radius 3 is 2.48 bits per heavy atom. The van der Waals surface area contributed by atoms with Crippen molar-refractivity contribution in [3.63, 3.8) is 0 Å². The van der Waals surface area contributed by atoms with Crippen LogP contribution < -0.4 is 5.32 Å². The second-order valence-electron chi connectivity index (χ2n) is 7.56. The predicted molar refractivity (Wildman–Crippen MR) is 87.6 cm³/mol. The molecular formula is C18H34N2O. The fourth-order valence-corrected chi connectivity index (χ4v) is 4.56. The molecule has 2 aliphatic heterocycles. The number of piperidine rings is 1. The van der Waals surface area contributed by atoms with Crippen LogP contribution in [0.2, 0.25) is 0 Å². The molecule has 0 aromatic carbocycles. The van der Waals surface area contributed by atoms with E-state index in [4.69, 9.17) is 4.74 Å². The maximum atomic E-state index is 6.44. The lowest BCUT2D eigenvalue weighted by Gasteiger charge is -2.33. The van der Waals surface area contributed by atoms with Crippen molar-refractivity contribution in [1.29, 1.82) is 0 Å². The van der Waals surface area contributed by atoms with Crippen molar-refractivity contribution in [1.82, 2.24) is 10.2 Å². The van der Waals surface area contributed by atoms with Gasteiger partial charge in [0.05, 0.1) is 11.7 Å². The molecule has 0 amide bonds. The van der Waals surface area contributed by atoms with E-state index in [0.717, 1.165) is 12.5 Å². The molecule has 1 N–H and O–H groups in total. The van der Waals surface area contributed by atoms with Crippen LogP contribution in [0.5, 0.6) is 0 Å². The summed E-state index contributed by atoms with van der Waals surface area (Å²) in [6, 6.07) is 0. The lowest BCUT2D eigenvalue weighted by atomic mass is 9.83. The lowest BCUT2D eigenvalue weighted by Crippen LogP contribution is -2.39. The molecule has 2 saturated heterocycles. The Labute approximate surface area is 130 Å². The highest BCUT2D eigenvalue weighted by Gasteiger charge is 2.40. The molecule has 1 saturated carbocycles. The van der Waals surface area contributed by atoms with E-state index in [2.05, 4.69) is 17.1 Å². The van der Waals surface area contributed by atoms with Gasteiger partial charge in [0.1, 0.15) is 0 Å². The van der Waals surface area contributed by atoms with Crippen LogP contribution in [0.15, 0.2) is 0 Å². The van der Waals surface area contributed by atoms with E-state index in [1.54, 1.807) is 0 Å². The molecule has 21 heavy (non-hydrogen) atoms. The second-order valence-corrected chi connectivity index (χ2v) is 7.56. The van der Waals surface area contributed by atoms with Gasteiger partial charge in [0.15, 0.2) is 0 Å². The molecule has 2 heterocycles. The number of nitrogens with zero attached hydrogens (tertiary/aromatic N) is 1. The van der Waals surface area contributed by atoms with Gasteiger partial charge < -0.3 is 15.0 Å². The summed E-state index contributed by atoms with van der Waals surface area (Å²) in [4.78, 5) is 2.57. The van der Waals surface area contributed by atoms with Crippen molar-refractivity contribution >= 4 is 0 Å². The number of hydrogen-bond donors (Lipinski definition) is 1. The van der Waals surface area contributed by atoms with Crippen molar-refractivity contribution < 1.29 is 4.74 Å². The molecular weight excluding hydrogens is 260 g/mol. The van der Waals surface area contributed by atoms with Crippen molar-refractivity contribution in [2.45, 2.75) is 76.4 Å². The molecule has 0 bridgehead atoms. The number of rotatable bonds is 5. The largest absolute Gasteiger partial charge is 0.370 e. The standard InChI is InChI=1S/C18H34N2O/c1-2-20-12-7-16(8-13-20)14-19-15-17-6-11-18(21-17)9-4-3-5-10-18/h16-17,19H,2-15H2,1H3. The number of hydrogen-bond acceptors (Lipinski definition) is 3. The Hall–Kier alpha value is -0.120. The van der Waals surface area contributed by atoms with E-state index in [0.29, 0.717) is 6.10 Å². The molecule has 1 atom stereocenters. The highest BCUT2D eigenvalue weighted by Crippen LogP contribution is 2.41. The first-order valence-electron chi connectivity index (χ1n) is 9.40. The zero-order valence-corrected chi connectivity index (χ0v) is 13.9. The van der Waals surface area contributed by atoms with E-state index in [-0.39, 0.29) is 5.60 Å². The monoisotopic (exact) mass is 294 g/mol.